The third-order valence-corrected chi connectivity index (χ3v) is 4.83. The van der Waals surface area contributed by atoms with E-state index in [2.05, 4.69) is 10.3 Å². The molecule has 1 heterocycles. The summed E-state index contributed by atoms with van der Waals surface area (Å²) in [6, 6.07) is 1.58. The topological polar surface area (TPSA) is 106 Å². The lowest BCUT2D eigenvalue weighted by molar-refractivity contribution is -0.304. The number of carbonyl (C=O) groups is 2. The number of pyridine rings is 1. The van der Waals surface area contributed by atoms with Gasteiger partial charge in [-0.05, 0) is 31.2 Å². The van der Waals surface area contributed by atoms with Crippen LogP contribution < -0.4 is 10.4 Å². The molecule has 1 aromatic rings. The van der Waals surface area contributed by atoms with Gasteiger partial charge in [0, 0.05) is 5.69 Å². The van der Waals surface area contributed by atoms with Gasteiger partial charge in [-0.3, -0.25) is 4.79 Å². The van der Waals surface area contributed by atoms with Crippen molar-refractivity contribution in [2.75, 3.05) is 12.3 Å². The zero-order chi connectivity index (χ0) is 19.3. The average molecular weight is 386 g/mol. The van der Waals surface area contributed by atoms with Crippen LogP contribution >= 0.6 is 11.8 Å². The largest absolute Gasteiger partial charge is 0.548 e. The minimum Gasteiger partial charge on any atom is -0.548 e. The van der Waals surface area contributed by atoms with Gasteiger partial charge < -0.3 is 15.2 Å². The first-order valence-electron chi connectivity index (χ1n) is 7.86. The third kappa shape index (κ3) is 4.88. The number of carboxylic acid groups (broad SMARTS) is 1. The van der Waals surface area contributed by atoms with Crippen molar-refractivity contribution in [2.45, 2.75) is 43.3 Å². The van der Waals surface area contributed by atoms with Gasteiger partial charge in [0.05, 0.1) is 29.4 Å². The van der Waals surface area contributed by atoms with E-state index in [4.69, 9.17) is 0 Å². The Kier molecular flexibility index (Phi) is 6.47. The van der Waals surface area contributed by atoms with Crippen LogP contribution in [0, 0.1) is 11.3 Å². The van der Waals surface area contributed by atoms with Crippen molar-refractivity contribution >= 4 is 23.6 Å². The molecule has 26 heavy (non-hydrogen) atoms. The van der Waals surface area contributed by atoms with Gasteiger partial charge >= 0.3 is 6.18 Å². The number of nitrogens with one attached hydrogen (secondary N) is 1. The second-order valence-corrected chi connectivity index (χ2v) is 6.66. The van der Waals surface area contributed by atoms with Crippen LogP contribution in [0.1, 0.15) is 41.6 Å². The molecule has 0 aliphatic heterocycles. The lowest BCUT2D eigenvalue weighted by atomic mass is 9.97. The second kappa shape index (κ2) is 8.40. The smallest absolute Gasteiger partial charge is 0.418 e. The van der Waals surface area contributed by atoms with Crippen molar-refractivity contribution in [3.05, 3.63) is 22.4 Å². The Morgan fingerprint density at radius 1 is 1.27 bits per heavy atom. The van der Waals surface area contributed by atoms with Crippen molar-refractivity contribution in [2.24, 2.45) is 0 Å². The molecule has 0 bridgehead atoms. The molecule has 0 spiro atoms. The lowest BCUT2D eigenvalue weighted by Crippen LogP contribution is -2.38. The zero-order valence-corrected chi connectivity index (χ0v) is 14.4. The SMILES string of the molecule is N#Cc1c(SCC(=O)NCC(=O)[O-])nc2c(c1C(F)(F)F)CCCCC2. The summed E-state index contributed by atoms with van der Waals surface area (Å²) in [5, 5.41) is 21.5. The molecule has 1 aliphatic rings. The van der Waals surface area contributed by atoms with E-state index in [1.54, 1.807) is 6.07 Å². The van der Waals surface area contributed by atoms with Crippen molar-refractivity contribution in [3.63, 3.8) is 0 Å². The molecule has 1 amide bonds. The average Bonchev–Trinajstić information content (AvgIpc) is 2.80. The number of hydrogen-bond donors (Lipinski definition) is 1. The molecule has 1 aliphatic carbocycles. The van der Waals surface area contributed by atoms with E-state index in [1.165, 1.54) is 0 Å². The van der Waals surface area contributed by atoms with Crippen LogP contribution in [0.4, 0.5) is 13.2 Å². The third-order valence-electron chi connectivity index (χ3n) is 3.86. The number of alkyl halides is 3. The predicted molar refractivity (Wildman–Crippen MR) is 84.0 cm³/mol. The number of aryl methyl sites for hydroxylation is 1. The number of aromatic nitrogens is 1. The highest BCUT2D eigenvalue weighted by molar-refractivity contribution is 8.00. The van der Waals surface area contributed by atoms with Crippen LogP contribution in [0.25, 0.3) is 0 Å². The summed E-state index contributed by atoms with van der Waals surface area (Å²) in [6.45, 7) is -0.698. The minimum atomic E-state index is -4.70. The van der Waals surface area contributed by atoms with Crippen molar-refractivity contribution in [1.29, 1.82) is 5.26 Å². The number of nitrogens with zero attached hydrogens (tertiary/aromatic N) is 2. The first-order valence-corrected chi connectivity index (χ1v) is 8.85. The fourth-order valence-corrected chi connectivity index (χ4v) is 3.61. The minimum absolute atomic E-state index is 0.0669. The van der Waals surface area contributed by atoms with Crippen LogP contribution in [-0.2, 0) is 28.6 Å². The summed E-state index contributed by atoms with van der Waals surface area (Å²) in [7, 11) is 0. The molecule has 140 valence electrons. The molecule has 2 rings (SSSR count). The van der Waals surface area contributed by atoms with Gasteiger partial charge in [-0.2, -0.15) is 18.4 Å². The number of halogens is 3. The zero-order valence-electron chi connectivity index (χ0n) is 13.6. The van der Waals surface area contributed by atoms with Crippen LogP contribution in [0.5, 0.6) is 0 Å². The van der Waals surface area contributed by atoms with Crippen LogP contribution in [0.2, 0.25) is 0 Å². The van der Waals surface area contributed by atoms with Gasteiger partial charge in [0.25, 0.3) is 0 Å². The molecule has 1 aromatic heterocycles. The van der Waals surface area contributed by atoms with Gasteiger partial charge in [0.15, 0.2) is 0 Å². The Labute approximate surface area is 151 Å². The molecular weight excluding hydrogens is 371 g/mol. The maximum absolute atomic E-state index is 13.6. The van der Waals surface area contributed by atoms with Crippen LogP contribution in [0.3, 0.4) is 0 Å². The van der Waals surface area contributed by atoms with Crippen molar-refractivity contribution in [1.82, 2.24) is 10.3 Å². The highest BCUT2D eigenvalue weighted by Crippen LogP contribution is 2.40. The fourth-order valence-electron chi connectivity index (χ4n) is 2.77. The number of aliphatic carboxylic acids is 1. The Morgan fingerprint density at radius 3 is 2.58 bits per heavy atom. The molecule has 0 atom stereocenters. The van der Waals surface area contributed by atoms with Gasteiger partial charge in [0.2, 0.25) is 5.91 Å². The molecule has 0 saturated carbocycles. The van der Waals surface area contributed by atoms with E-state index in [0.29, 0.717) is 36.7 Å². The highest BCUT2D eigenvalue weighted by Gasteiger charge is 2.39. The summed E-state index contributed by atoms with van der Waals surface area (Å²) in [4.78, 5) is 26.1. The summed E-state index contributed by atoms with van der Waals surface area (Å²) >= 11 is 0.682. The molecule has 0 saturated heterocycles. The van der Waals surface area contributed by atoms with Gasteiger partial charge in [-0.25, -0.2) is 4.98 Å². The molecule has 1 N–H and O–H groups in total. The van der Waals surface area contributed by atoms with Gasteiger partial charge in [0.1, 0.15) is 11.1 Å². The number of nitriles is 1. The molecular formula is C16H15F3N3O3S-. The van der Waals surface area contributed by atoms with E-state index in [-0.39, 0.29) is 22.8 Å². The Hall–Kier alpha value is -2.28. The normalized spacial score (nSPS) is 14.1. The number of carboxylic acids is 1. The van der Waals surface area contributed by atoms with Crippen molar-refractivity contribution < 1.29 is 27.9 Å². The van der Waals surface area contributed by atoms with Crippen molar-refractivity contribution in [3.8, 4) is 6.07 Å². The van der Waals surface area contributed by atoms with Crippen LogP contribution in [-0.4, -0.2) is 29.2 Å². The Morgan fingerprint density at radius 2 is 1.96 bits per heavy atom. The Bertz CT molecular complexity index is 760. The number of thioether (sulfide) groups is 1. The molecule has 0 fully saturated rings. The maximum atomic E-state index is 13.6. The molecule has 6 nitrogen and oxygen atoms in total. The number of hydrogen-bond acceptors (Lipinski definition) is 6. The Balaban J connectivity index is 2.37. The fraction of sp³-hybridized carbons (Fsp3) is 0.500. The molecule has 10 heteroatoms. The first kappa shape index (κ1) is 20.0. The predicted octanol–water partition coefficient (Wildman–Crippen LogP) is 1.20. The number of amides is 1. The van der Waals surface area contributed by atoms with E-state index >= 15 is 0 Å². The van der Waals surface area contributed by atoms with E-state index in [0.717, 1.165) is 6.42 Å². The highest BCUT2D eigenvalue weighted by atomic mass is 32.2. The van der Waals surface area contributed by atoms with E-state index in [1.807, 2.05) is 0 Å². The monoisotopic (exact) mass is 386 g/mol. The number of carbonyl (C=O) groups excluding carboxylic acids is 2. The number of rotatable bonds is 5. The number of fused-ring (bicyclic) bond motifs is 1. The molecule has 0 unspecified atom stereocenters. The molecule has 0 radical (unpaired) electrons. The second-order valence-electron chi connectivity index (χ2n) is 5.70. The maximum Gasteiger partial charge on any atom is 0.418 e. The summed E-state index contributed by atoms with van der Waals surface area (Å²) in [5.41, 5.74) is -1.18. The van der Waals surface area contributed by atoms with E-state index in [9.17, 15) is 33.1 Å². The van der Waals surface area contributed by atoms with Crippen LogP contribution in [0.15, 0.2) is 5.03 Å². The summed E-state index contributed by atoms with van der Waals surface area (Å²) in [5.74, 6) is -2.54. The first-order chi connectivity index (χ1) is 12.2. The lowest BCUT2D eigenvalue weighted by Gasteiger charge is -2.18. The standard InChI is InChI=1S/C16H16F3N3O3S/c17-16(18,19)14-9-4-2-1-3-5-11(9)22-15(10(14)6-20)26-8-12(23)21-7-13(24)25/h1-5,7-8H2,(H,21,23)(H,24,25)/p-1. The quantitative estimate of drug-likeness (QED) is 0.602. The van der Waals surface area contributed by atoms with Gasteiger partial charge in [-0.15, -0.1) is 0 Å². The summed E-state index contributed by atoms with van der Waals surface area (Å²) in [6.07, 6.45) is -2.02. The van der Waals surface area contributed by atoms with E-state index < -0.39 is 35.7 Å². The summed E-state index contributed by atoms with van der Waals surface area (Å²) < 4.78 is 40.8. The van der Waals surface area contributed by atoms with Gasteiger partial charge in [-0.1, -0.05) is 18.2 Å². The molecule has 0 aromatic carbocycles.